The van der Waals surface area contributed by atoms with Crippen LogP contribution in [-0.4, -0.2) is 17.8 Å². The normalized spacial score (nSPS) is 20.5. The maximum absolute atomic E-state index is 11.8. The fourth-order valence-corrected chi connectivity index (χ4v) is 2.64. The van der Waals surface area contributed by atoms with E-state index in [0.717, 1.165) is 5.33 Å². The van der Waals surface area contributed by atoms with E-state index >= 15 is 0 Å². The van der Waals surface area contributed by atoms with Gasteiger partial charge in [0.2, 0.25) is 5.91 Å². The van der Waals surface area contributed by atoms with Crippen molar-refractivity contribution >= 4 is 44.8 Å². The molecule has 1 atom stereocenters. The van der Waals surface area contributed by atoms with E-state index in [1.54, 1.807) is 23.1 Å². The Hall–Kier alpha value is -0.740. The van der Waals surface area contributed by atoms with Gasteiger partial charge in [-0.15, -0.1) is 0 Å². The maximum atomic E-state index is 11.8. The third-order valence-electron chi connectivity index (χ3n) is 2.71. The number of halogens is 2. The minimum Gasteiger partial charge on any atom is -0.397 e. The van der Waals surface area contributed by atoms with E-state index in [-0.39, 0.29) is 5.91 Å². The Morgan fingerprint density at radius 2 is 2.31 bits per heavy atom. The summed E-state index contributed by atoms with van der Waals surface area (Å²) < 4.78 is 0. The van der Waals surface area contributed by atoms with Gasteiger partial charge in [-0.2, -0.15) is 0 Å². The number of alkyl halides is 1. The molecular formula is C11H12BrClN2O. The lowest BCUT2D eigenvalue weighted by Crippen LogP contribution is -2.26. The molecule has 1 heterocycles. The molecule has 0 spiro atoms. The highest BCUT2D eigenvalue weighted by Crippen LogP contribution is 2.36. The molecule has 1 aliphatic heterocycles. The molecule has 1 aliphatic rings. The average molecular weight is 304 g/mol. The van der Waals surface area contributed by atoms with Crippen LogP contribution in [0.15, 0.2) is 18.2 Å². The van der Waals surface area contributed by atoms with Crippen molar-refractivity contribution in [3.05, 3.63) is 23.2 Å². The Bertz CT molecular complexity index is 404. The number of benzene rings is 1. The van der Waals surface area contributed by atoms with Crippen molar-refractivity contribution in [2.45, 2.75) is 6.42 Å². The molecule has 0 aliphatic carbocycles. The summed E-state index contributed by atoms with van der Waals surface area (Å²) in [5.41, 5.74) is 7.06. The number of hydrogen-bond acceptors (Lipinski definition) is 2. The van der Waals surface area contributed by atoms with E-state index in [2.05, 4.69) is 15.9 Å². The third-order valence-corrected chi connectivity index (χ3v) is 3.93. The Balaban J connectivity index is 2.35. The predicted octanol–water partition coefficient (Wildman–Crippen LogP) is 2.67. The second-order valence-electron chi connectivity index (χ2n) is 3.91. The molecule has 2 rings (SSSR count). The summed E-state index contributed by atoms with van der Waals surface area (Å²) in [6, 6.07) is 5.29. The van der Waals surface area contributed by atoms with Crippen LogP contribution in [0.3, 0.4) is 0 Å². The summed E-state index contributed by atoms with van der Waals surface area (Å²) >= 11 is 9.48. The van der Waals surface area contributed by atoms with Crippen molar-refractivity contribution in [1.82, 2.24) is 0 Å². The zero-order valence-corrected chi connectivity index (χ0v) is 11.0. The number of carbonyl (C=O) groups is 1. The largest absolute Gasteiger partial charge is 0.397 e. The van der Waals surface area contributed by atoms with Crippen LogP contribution < -0.4 is 10.6 Å². The number of nitrogens with zero attached hydrogens (tertiary/aromatic N) is 1. The molecule has 1 saturated heterocycles. The van der Waals surface area contributed by atoms with Gasteiger partial charge in [-0.1, -0.05) is 33.6 Å². The van der Waals surface area contributed by atoms with Crippen molar-refractivity contribution in [1.29, 1.82) is 0 Å². The van der Waals surface area contributed by atoms with E-state index in [0.29, 0.717) is 35.3 Å². The summed E-state index contributed by atoms with van der Waals surface area (Å²) in [7, 11) is 0. The van der Waals surface area contributed by atoms with Crippen LogP contribution in [0.5, 0.6) is 0 Å². The second kappa shape index (κ2) is 4.63. The van der Waals surface area contributed by atoms with Gasteiger partial charge in [-0.25, -0.2) is 0 Å². The number of nitrogens with two attached hydrogens (primary N) is 1. The number of amides is 1. The first-order chi connectivity index (χ1) is 7.63. The molecule has 0 aromatic heterocycles. The summed E-state index contributed by atoms with van der Waals surface area (Å²) in [5, 5.41) is 1.35. The summed E-state index contributed by atoms with van der Waals surface area (Å²) in [6.45, 7) is 0.679. The zero-order chi connectivity index (χ0) is 11.7. The molecule has 0 radical (unpaired) electrons. The number of para-hydroxylation sites is 1. The summed E-state index contributed by atoms with van der Waals surface area (Å²) in [6.07, 6.45) is 0.552. The highest BCUT2D eigenvalue weighted by atomic mass is 79.9. The molecule has 2 N–H and O–H groups in total. The predicted molar refractivity (Wildman–Crippen MR) is 70.1 cm³/mol. The Kier molecular flexibility index (Phi) is 3.40. The molecule has 86 valence electrons. The highest BCUT2D eigenvalue weighted by molar-refractivity contribution is 9.09. The van der Waals surface area contributed by atoms with Gasteiger partial charge in [0, 0.05) is 18.3 Å². The fourth-order valence-electron chi connectivity index (χ4n) is 1.92. The van der Waals surface area contributed by atoms with Gasteiger partial charge in [-0.05, 0) is 18.1 Å². The number of rotatable bonds is 2. The standard InChI is InChI=1S/C11H12BrClN2O/c12-5-7-4-10(16)15(6-7)11-8(13)2-1-3-9(11)14/h1-3,7H,4-6,14H2. The van der Waals surface area contributed by atoms with E-state index in [1.165, 1.54) is 0 Å². The Labute approximate surface area is 108 Å². The van der Waals surface area contributed by atoms with Gasteiger partial charge in [0.1, 0.15) is 0 Å². The number of carbonyl (C=O) groups excluding carboxylic acids is 1. The van der Waals surface area contributed by atoms with Crippen LogP contribution in [0.25, 0.3) is 0 Å². The van der Waals surface area contributed by atoms with E-state index in [4.69, 9.17) is 17.3 Å². The van der Waals surface area contributed by atoms with Crippen LogP contribution in [0, 0.1) is 5.92 Å². The van der Waals surface area contributed by atoms with Crippen molar-refractivity contribution in [3.63, 3.8) is 0 Å². The first-order valence-corrected chi connectivity index (χ1v) is 6.53. The van der Waals surface area contributed by atoms with Crippen molar-refractivity contribution in [2.24, 2.45) is 5.92 Å². The quantitative estimate of drug-likeness (QED) is 0.674. The molecule has 5 heteroatoms. The number of hydrogen-bond donors (Lipinski definition) is 1. The SMILES string of the molecule is Nc1cccc(Cl)c1N1CC(CBr)CC1=O. The molecule has 1 fully saturated rings. The van der Waals surface area contributed by atoms with Gasteiger partial charge < -0.3 is 10.6 Å². The molecule has 1 aromatic carbocycles. The monoisotopic (exact) mass is 302 g/mol. The molecular weight excluding hydrogens is 291 g/mol. The van der Waals surface area contributed by atoms with Gasteiger partial charge >= 0.3 is 0 Å². The summed E-state index contributed by atoms with van der Waals surface area (Å²) in [5.74, 6) is 0.424. The lowest BCUT2D eigenvalue weighted by Gasteiger charge is -2.19. The molecule has 16 heavy (non-hydrogen) atoms. The molecule has 1 unspecified atom stereocenters. The fraction of sp³-hybridized carbons (Fsp3) is 0.364. The van der Waals surface area contributed by atoms with Gasteiger partial charge in [-0.3, -0.25) is 4.79 Å². The highest BCUT2D eigenvalue weighted by Gasteiger charge is 2.31. The van der Waals surface area contributed by atoms with E-state index in [9.17, 15) is 4.79 Å². The topological polar surface area (TPSA) is 46.3 Å². The molecule has 1 amide bonds. The lowest BCUT2D eigenvalue weighted by atomic mass is 10.2. The molecule has 0 saturated carbocycles. The maximum Gasteiger partial charge on any atom is 0.227 e. The number of nitrogen functional groups attached to an aromatic ring is 1. The van der Waals surface area contributed by atoms with Crippen molar-refractivity contribution < 1.29 is 4.79 Å². The van der Waals surface area contributed by atoms with Crippen LogP contribution >= 0.6 is 27.5 Å². The molecule has 3 nitrogen and oxygen atoms in total. The molecule has 0 bridgehead atoms. The minimum atomic E-state index is 0.0873. The van der Waals surface area contributed by atoms with E-state index in [1.807, 2.05) is 0 Å². The van der Waals surface area contributed by atoms with Crippen molar-refractivity contribution in [3.8, 4) is 0 Å². The Morgan fingerprint density at radius 1 is 1.56 bits per heavy atom. The van der Waals surface area contributed by atoms with Crippen LogP contribution in [0.2, 0.25) is 5.02 Å². The summed E-state index contributed by atoms with van der Waals surface area (Å²) in [4.78, 5) is 13.5. The van der Waals surface area contributed by atoms with Crippen LogP contribution in [0.4, 0.5) is 11.4 Å². The third kappa shape index (κ3) is 2.04. The first-order valence-electron chi connectivity index (χ1n) is 5.03. The van der Waals surface area contributed by atoms with Crippen LogP contribution in [0.1, 0.15) is 6.42 Å². The minimum absolute atomic E-state index is 0.0873. The van der Waals surface area contributed by atoms with Crippen molar-refractivity contribution in [2.75, 3.05) is 22.5 Å². The molecule has 1 aromatic rings. The van der Waals surface area contributed by atoms with Gasteiger partial charge in [0.15, 0.2) is 0 Å². The van der Waals surface area contributed by atoms with Gasteiger partial charge in [0.25, 0.3) is 0 Å². The second-order valence-corrected chi connectivity index (χ2v) is 4.96. The zero-order valence-electron chi connectivity index (χ0n) is 8.62. The Morgan fingerprint density at radius 3 is 2.88 bits per heavy atom. The van der Waals surface area contributed by atoms with Crippen LogP contribution in [-0.2, 0) is 4.79 Å². The van der Waals surface area contributed by atoms with Gasteiger partial charge in [0.05, 0.1) is 16.4 Å². The smallest absolute Gasteiger partial charge is 0.227 e. The lowest BCUT2D eigenvalue weighted by molar-refractivity contribution is -0.117. The average Bonchev–Trinajstić information content (AvgIpc) is 2.60. The number of anilines is 2. The van der Waals surface area contributed by atoms with E-state index < -0.39 is 0 Å². The first kappa shape index (κ1) is 11.7.